The van der Waals surface area contributed by atoms with Gasteiger partial charge in [0.1, 0.15) is 5.69 Å². The van der Waals surface area contributed by atoms with E-state index in [1.807, 2.05) is 35.6 Å². The highest BCUT2D eigenvalue weighted by atomic mass is 16.2. The predicted octanol–water partition coefficient (Wildman–Crippen LogP) is 4.57. The van der Waals surface area contributed by atoms with Crippen molar-refractivity contribution in [3.63, 3.8) is 0 Å². The van der Waals surface area contributed by atoms with Gasteiger partial charge in [0.25, 0.3) is 0 Å². The minimum Gasteiger partial charge on any atom is -0.342 e. The average Bonchev–Trinajstić information content (AvgIpc) is 3.48. The van der Waals surface area contributed by atoms with Crippen LogP contribution in [0.4, 0.5) is 0 Å². The lowest BCUT2D eigenvalue weighted by Gasteiger charge is -2.40. The molecule has 0 radical (unpaired) electrons. The Morgan fingerprint density at radius 3 is 2.29 bits per heavy atom. The third-order valence-electron chi connectivity index (χ3n) is 6.21. The van der Waals surface area contributed by atoms with Crippen molar-refractivity contribution < 1.29 is 9.59 Å². The number of ketones is 1. The number of benzene rings is 1. The van der Waals surface area contributed by atoms with E-state index in [4.69, 9.17) is 10.4 Å². The highest BCUT2D eigenvalue weighted by Gasteiger charge is 2.38. The molecule has 2 fully saturated rings. The van der Waals surface area contributed by atoms with Crippen LogP contribution in [0.25, 0.3) is 11.3 Å². The number of aromatic nitrogens is 2. The van der Waals surface area contributed by atoms with Gasteiger partial charge in [-0.1, -0.05) is 26.0 Å². The van der Waals surface area contributed by atoms with Gasteiger partial charge in [0.05, 0.1) is 17.3 Å². The third-order valence-corrected chi connectivity index (χ3v) is 6.21. The molecule has 1 aromatic heterocycles. The first-order valence-corrected chi connectivity index (χ1v) is 11.2. The van der Waals surface area contributed by atoms with Gasteiger partial charge in [-0.25, -0.2) is 0 Å². The maximum absolute atomic E-state index is 13.5. The molecule has 0 bridgehead atoms. The molecule has 0 N–H and O–H groups in total. The Hall–Kier alpha value is -2.94. The molecule has 1 saturated carbocycles. The van der Waals surface area contributed by atoms with Crippen molar-refractivity contribution in [3.05, 3.63) is 41.1 Å². The molecule has 1 aliphatic heterocycles. The molecular weight excluding hydrogens is 388 g/mol. The molecule has 1 aromatic carbocycles. The second-order valence-electron chi connectivity index (χ2n) is 9.50. The van der Waals surface area contributed by atoms with E-state index in [9.17, 15) is 9.59 Å². The van der Waals surface area contributed by atoms with Gasteiger partial charge >= 0.3 is 0 Å². The molecule has 162 valence electrons. The second kappa shape index (κ2) is 8.30. The van der Waals surface area contributed by atoms with Crippen molar-refractivity contribution in [1.29, 1.82) is 5.26 Å². The zero-order valence-corrected chi connectivity index (χ0v) is 18.8. The summed E-state index contributed by atoms with van der Waals surface area (Å²) in [7, 11) is 0. The van der Waals surface area contributed by atoms with Crippen LogP contribution in [0.5, 0.6) is 0 Å². The summed E-state index contributed by atoms with van der Waals surface area (Å²) in [5.41, 5.74) is 4.24. The van der Waals surface area contributed by atoms with E-state index < -0.39 is 0 Å². The number of hydrogen-bond donors (Lipinski definition) is 0. The van der Waals surface area contributed by atoms with Gasteiger partial charge in [0.15, 0.2) is 5.78 Å². The lowest BCUT2D eigenvalue weighted by molar-refractivity contribution is -0.140. The van der Waals surface area contributed by atoms with E-state index in [1.165, 1.54) is 0 Å². The van der Waals surface area contributed by atoms with Gasteiger partial charge in [0, 0.05) is 48.5 Å². The number of carbonyl (C=O) groups is 2. The minimum absolute atomic E-state index is 0.00419. The third kappa shape index (κ3) is 4.14. The summed E-state index contributed by atoms with van der Waals surface area (Å²) in [6, 6.07) is 9.68. The monoisotopic (exact) mass is 418 g/mol. The van der Waals surface area contributed by atoms with Crippen molar-refractivity contribution >= 4 is 11.7 Å². The van der Waals surface area contributed by atoms with E-state index >= 15 is 0 Å². The summed E-state index contributed by atoms with van der Waals surface area (Å²) in [6.45, 7) is 9.26. The van der Waals surface area contributed by atoms with Crippen LogP contribution in [0.2, 0.25) is 0 Å². The van der Waals surface area contributed by atoms with Gasteiger partial charge < -0.3 is 4.90 Å². The Bertz CT molecular complexity index is 1030. The fourth-order valence-corrected chi connectivity index (χ4v) is 4.38. The fraction of sp³-hybridized carbons (Fsp3) is 0.520. The van der Waals surface area contributed by atoms with Gasteiger partial charge in [-0.3, -0.25) is 14.3 Å². The first kappa shape index (κ1) is 21.3. The number of rotatable bonds is 7. The lowest BCUT2D eigenvalue weighted by atomic mass is 9.90. The first-order valence-electron chi connectivity index (χ1n) is 11.2. The van der Waals surface area contributed by atoms with Crippen LogP contribution in [-0.4, -0.2) is 39.5 Å². The highest BCUT2D eigenvalue weighted by Crippen LogP contribution is 2.47. The van der Waals surface area contributed by atoms with Gasteiger partial charge in [-0.2, -0.15) is 10.4 Å². The summed E-state index contributed by atoms with van der Waals surface area (Å²) in [6.07, 6.45) is 2.60. The lowest BCUT2D eigenvalue weighted by Crippen LogP contribution is -2.52. The Balaban J connectivity index is 1.62. The molecule has 31 heavy (non-hydrogen) atoms. The van der Waals surface area contributed by atoms with Crippen LogP contribution in [0.3, 0.4) is 0 Å². The Morgan fingerprint density at radius 1 is 1.13 bits per heavy atom. The molecule has 1 saturated heterocycles. The van der Waals surface area contributed by atoms with Crippen LogP contribution in [0.1, 0.15) is 80.5 Å². The quantitative estimate of drug-likeness (QED) is 0.617. The van der Waals surface area contributed by atoms with Crippen LogP contribution in [-0.2, 0) is 4.79 Å². The van der Waals surface area contributed by atoms with Crippen molar-refractivity contribution in [1.82, 2.24) is 14.7 Å². The average molecular weight is 419 g/mol. The van der Waals surface area contributed by atoms with Crippen molar-refractivity contribution in [2.75, 3.05) is 13.1 Å². The summed E-state index contributed by atoms with van der Waals surface area (Å²) in [5.74, 6) is 0.881. The number of nitrogens with zero attached hydrogens (tertiary/aromatic N) is 4. The maximum Gasteiger partial charge on any atom is 0.225 e. The highest BCUT2D eigenvalue weighted by molar-refractivity contribution is 5.98. The molecule has 0 unspecified atom stereocenters. The van der Waals surface area contributed by atoms with Crippen LogP contribution < -0.4 is 0 Å². The fourth-order valence-electron chi connectivity index (χ4n) is 4.38. The normalized spacial score (nSPS) is 16.5. The molecule has 0 spiro atoms. The van der Waals surface area contributed by atoms with E-state index in [1.54, 1.807) is 12.1 Å². The van der Waals surface area contributed by atoms with Crippen LogP contribution in [0.15, 0.2) is 24.3 Å². The summed E-state index contributed by atoms with van der Waals surface area (Å²) in [4.78, 5) is 27.5. The van der Waals surface area contributed by atoms with Crippen LogP contribution >= 0.6 is 0 Å². The van der Waals surface area contributed by atoms with Gasteiger partial charge in [0.2, 0.25) is 5.91 Å². The topological polar surface area (TPSA) is 79.0 Å². The largest absolute Gasteiger partial charge is 0.342 e. The molecule has 0 atom stereocenters. The van der Waals surface area contributed by atoms with Crippen molar-refractivity contribution in [2.24, 2.45) is 11.8 Å². The maximum atomic E-state index is 13.5. The number of carbonyl (C=O) groups excluding carboxylic acids is 2. The summed E-state index contributed by atoms with van der Waals surface area (Å²) >= 11 is 0. The Labute approximate surface area is 183 Å². The SMILES string of the molecule is CC(C)C(=O)N1CC(CC(=O)c2c(C3CC3)c(-c3ccc(C#N)cc3)nn2C(C)C)C1. The zero-order valence-electron chi connectivity index (χ0n) is 18.8. The number of nitriles is 1. The van der Waals surface area contributed by atoms with E-state index in [-0.39, 0.29) is 29.6 Å². The molecule has 1 aliphatic carbocycles. The summed E-state index contributed by atoms with van der Waals surface area (Å²) < 4.78 is 1.89. The smallest absolute Gasteiger partial charge is 0.225 e. The zero-order chi connectivity index (χ0) is 22.3. The molecule has 6 heteroatoms. The Kier molecular flexibility index (Phi) is 5.70. The van der Waals surface area contributed by atoms with E-state index in [0.717, 1.165) is 35.4 Å². The van der Waals surface area contributed by atoms with Crippen molar-refractivity contribution in [2.45, 2.75) is 58.9 Å². The number of hydrogen-bond acceptors (Lipinski definition) is 4. The molecule has 2 aliphatic rings. The van der Waals surface area contributed by atoms with E-state index in [0.29, 0.717) is 31.0 Å². The van der Waals surface area contributed by atoms with Gasteiger partial charge in [-0.05, 0) is 44.7 Å². The second-order valence-corrected chi connectivity index (χ2v) is 9.50. The number of likely N-dealkylation sites (tertiary alicyclic amines) is 1. The minimum atomic E-state index is -0.00419. The molecule has 1 amide bonds. The van der Waals surface area contributed by atoms with E-state index in [2.05, 4.69) is 19.9 Å². The molecular formula is C25H30N4O2. The molecule has 6 nitrogen and oxygen atoms in total. The summed E-state index contributed by atoms with van der Waals surface area (Å²) in [5, 5.41) is 14.0. The van der Waals surface area contributed by atoms with Crippen LogP contribution in [0, 0.1) is 23.2 Å². The first-order chi connectivity index (χ1) is 14.8. The molecule has 2 aromatic rings. The Morgan fingerprint density at radius 2 is 1.77 bits per heavy atom. The molecule has 2 heterocycles. The van der Waals surface area contributed by atoms with Gasteiger partial charge in [-0.15, -0.1) is 0 Å². The predicted molar refractivity (Wildman–Crippen MR) is 119 cm³/mol. The number of amides is 1. The van der Waals surface area contributed by atoms with Crippen molar-refractivity contribution in [3.8, 4) is 17.3 Å². The standard InChI is InChI=1S/C25H30N4O2/c1-15(2)25(31)28-13-18(14-28)11-21(30)24-22(19-9-10-19)23(27-29(24)16(3)4)20-7-5-17(12-26)6-8-20/h5-8,15-16,18-19H,9-11,13-14H2,1-4H3. The number of Topliss-reactive ketones (excluding diaryl/α,β-unsaturated/α-hetero) is 1. The molecule has 4 rings (SSSR count).